The fourth-order valence-corrected chi connectivity index (χ4v) is 1.33. The lowest BCUT2D eigenvalue weighted by Gasteiger charge is -2.07. The number of hydrogen-bond donors (Lipinski definition) is 1. The Bertz CT molecular complexity index is 321. The molecular formula is C12H16FNO. The summed E-state index contributed by atoms with van der Waals surface area (Å²) in [5, 5.41) is 0. The number of Topliss-reactive ketones (excluding diaryl/α,β-unsaturated/α-hetero) is 1. The van der Waals surface area contributed by atoms with Crippen LogP contribution in [-0.2, 0) is 11.2 Å². The molecule has 2 nitrogen and oxygen atoms in total. The fourth-order valence-electron chi connectivity index (χ4n) is 1.33. The molecule has 0 spiro atoms. The van der Waals surface area contributed by atoms with Gasteiger partial charge in [0, 0.05) is 6.42 Å². The predicted molar refractivity (Wildman–Crippen MR) is 58.0 cm³/mol. The van der Waals surface area contributed by atoms with Gasteiger partial charge >= 0.3 is 0 Å². The van der Waals surface area contributed by atoms with Gasteiger partial charge in [-0.25, -0.2) is 4.39 Å². The molecule has 82 valence electrons. The van der Waals surface area contributed by atoms with Crippen molar-refractivity contribution in [2.45, 2.75) is 32.2 Å². The molecule has 0 radical (unpaired) electrons. The van der Waals surface area contributed by atoms with Crippen LogP contribution >= 0.6 is 0 Å². The van der Waals surface area contributed by atoms with Crippen LogP contribution in [0.1, 0.15) is 25.3 Å². The third-order valence-electron chi connectivity index (χ3n) is 2.43. The number of hydrogen-bond acceptors (Lipinski definition) is 2. The van der Waals surface area contributed by atoms with Crippen LogP contribution in [0, 0.1) is 5.82 Å². The van der Waals surface area contributed by atoms with Crippen LogP contribution in [0.5, 0.6) is 0 Å². The molecule has 0 aromatic heterocycles. The molecule has 15 heavy (non-hydrogen) atoms. The summed E-state index contributed by atoms with van der Waals surface area (Å²) in [7, 11) is 0. The van der Waals surface area contributed by atoms with Crippen molar-refractivity contribution >= 4 is 5.78 Å². The molecular weight excluding hydrogens is 193 g/mol. The number of carbonyl (C=O) groups is 1. The van der Waals surface area contributed by atoms with Crippen LogP contribution in [-0.4, -0.2) is 11.8 Å². The molecule has 0 aliphatic carbocycles. The lowest BCUT2D eigenvalue weighted by molar-refractivity contribution is -0.120. The maximum absolute atomic E-state index is 12.6. The molecule has 1 unspecified atom stereocenters. The van der Waals surface area contributed by atoms with E-state index in [9.17, 15) is 9.18 Å². The first-order valence-corrected chi connectivity index (χ1v) is 5.16. The standard InChI is InChI=1S/C12H16FNO/c1-2-11(14)12(15)8-5-9-3-6-10(13)7-4-9/h3-4,6-7,11H,2,5,8,14H2,1H3. The van der Waals surface area contributed by atoms with Gasteiger partial charge in [-0.15, -0.1) is 0 Å². The van der Waals surface area contributed by atoms with Crippen molar-refractivity contribution < 1.29 is 9.18 Å². The molecule has 0 amide bonds. The van der Waals surface area contributed by atoms with Crippen LogP contribution in [0.15, 0.2) is 24.3 Å². The highest BCUT2D eigenvalue weighted by Gasteiger charge is 2.10. The molecule has 1 atom stereocenters. The van der Waals surface area contributed by atoms with Crippen molar-refractivity contribution in [2.24, 2.45) is 5.73 Å². The molecule has 1 rings (SSSR count). The molecule has 0 heterocycles. The van der Waals surface area contributed by atoms with Crippen LogP contribution in [0.25, 0.3) is 0 Å². The van der Waals surface area contributed by atoms with Crippen LogP contribution < -0.4 is 5.73 Å². The van der Waals surface area contributed by atoms with E-state index in [1.807, 2.05) is 6.92 Å². The van der Waals surface area contributed by atoms with E-state index in [0.29, 0.717) is 19.3 Å². The maximum Gasteiger partial charge on any atom is 0.149 e. The largest absolute Gasteiger partial charge is 0.322 e. The summed E-state index contributed by atoms with van der Waals surface area (Å²) in [6, 6.07) is 5.84. The zero-order valence-electron chi connectivity index (χ0n) is 8.87. The second kappa shape index (κ2) is 5.61. The summed E-state index contributed by atoms with van der Waals surface area (Å²) in [5.41, 5.74) is 6.56. The fraction of sp³-hybridized carbons (Fsp3) is 0.417. The van der Waals surface area contributed by atoms with E-state index >= 15 is 0 Å². The number of nitrogens with two attached hydrogens (primary N) is 1. The molecule has 1 aromatic rings. The summed E-state index contributed by atoms with van der Waals surface area (Å²) in [6.45, 7) is 1.89. The minimum atomic E-state index is -0.356. The van der Waals surface area contributed by atoms with E-state index in [1.165, 1.54) is 12.1 Å². The lowest BCUT2D eigenvalue weighted by atomic mass is 10.0. The normalized spacial score (nSPS) is 12.5. The predicted octanol–water partition coefficient (Wildman–Crippen LogP) is 2.06. The Labute approximate surface area is 89.3 Å². The van der Waals surface area contributed by atoms with E-state index in [4.69, 9.17) is 5.73 Å². The molecule has 0 bridgehead atoms. The molecule has 3 heteroatoms. The van der Waals surface area contributed by atoms with Crippen molar-refractivity contribution in [3.05, 3.63) is 35.6 Å². The Kier molecular flexibility index (Phi) is 4.43. The van der Waals surface area contributed by atoms with Gasteiger partial charge in [-0.2, -0.15) is 0 Å². The zero-order chi connectivity index (χ0) is 11.3. The Morgan fingerprint density at radius 2 is 2.00 bits per heavy atom. The third kappa shape index (κ3) is 3.80. The van der Waals surface area contributed by atoms with E-state index in [0.717, 1.165) is 5.56 Å². The number of rotatable bonds is 5. The molecule has 0 saturated carbocycles. The van der Waals surface area contributed by atoms with Gasteiger partial charge in [0.05, 0.1) is 6.04 Å². The Balaban J connectivity index is 2.43. The summed E-state index contributed by atoms with van der Waals surface area (Å²) < 4.78 is 12.6. The molecule has 0 fully saturated rings. The van der Waals surface area contributed by atoms with Crippen molar-refractivity contribution in [1.29, 1.82) is 0 Å². The third-order valence-corrected chi connectivity index (χ3v) is 2.43. The van der Waals surface area contributed by atoms with Crippen LogP contribution in [0.4, 0.5) is 4.39 Å². The SMILES string of the molecule is CCC(N)C(=O)CCc1ccc(F)cc1. The van der Waals surface area contributed by atoms with Crippen LogP contribution in [0.3, 0.4) is 0 Å². The van der Waals surface area contributed by atoms with E-state index in [-0.39, 0.29) is 17.6 Å². The van der Waals surface area contributed by atoms with Gasteiger partial charge in [0.15, 0.2) is 0 Å². The van der Waals surface area contributed by atoms with E-state index in [1.54, 1.807) is 12.1 Å². The Hall–Kier alpha value is -1.22. The van der Waals surface area contributed by atoms with Gasteiger partial charge < -0.3 is 5.73 Å². The van der Waals surface area contributed by atoms with Gasteiger partial charge in [0.25, 0.3) is 0 Å². The second-order valence-electron chi connectivity index (χ2n) is 3.61. The topological polar surface area (TPSA) is 43.1 Å². The minimum absolute atomic E-state index is 0.0711. The summed E-state index contributed by atoms with van der Waals surface area (Å²) in [6.07, 6.45) is 1.73. The second-order valence-corrected chi connectivity index (χ2v) is 3.61. The number of aryl methyl sites for hydroxylation is 1. The highest BCUT2D eigenvalue weighted by molar-refractivity contribution is 5.83. The molecule has 2 N–H and O–H groups in total. The van der Waals surface area contributed by atoms with Crippen molar-refractivity contribution in [3.8, 4) is 0 Å². The van der Waals surface area contributed by atoms with Gasteiger partial charge in [-0.1, -0.05) is 19.1 Å². The summed E-state index contributed by atoms with van der Waals surface area (Å²) in [4.78, 5) is 11.4. The molecule has 0 aliphatic heterocycles. The highest BCUT2D eigenvalue weighted by atomic mass is 19.1. The van der Waals surface area contributed by atoms with Gasteiger partial charge in [-0.05, 0) is 30.5 Å². The number of halogens is 1. The first-order chi connectivity index (χ1) is 7.13. The van der Waals surface area contributed by atoms with Gasteiger partial charge in [-0.3, -0.25) is 4.79 Å². The average Bonchev–Trinajstić information content (AvgIpc) is 2.26. The van der Waals surface area contributed by atoms with Crippen LogP contribution in [0.2, 0.25) is 0 Å². The van der Waals surface area contributed by atoms with Gasteiger partial charge in [0.1, 0.15) is 11.6 Å². The number of benzene rings is 1. The molecule has 1 aromatic carbocycles. The Morgan fingerprint density at radius 3 is 2.53 bits per heavy atom. The maximum atomic E-state index is 12.6. The monoisotopic (exact) mass is 209 g/mol. The number of carbonyl (C=O) groups excluding carboxylic acids is 1. The summed E-state index contributed by atoms with van der Waals surface area (Å²) >= 11 is 0. The van der Waals surface area contributed by atoms with E-state index in [2.05, 4.69) is 0 Å². The van der Waals surface area contributed by atoms with E-state index < -0.39 is 0 Å². The minimum Gasteiger partial charge on any atom is -0.322 e. The highest BCUT2D eigenvalue weighted by Crippen LogP contribution is 2.06. The number of ketones is 1. The first kappa shape index (κ1) is 11.9. The molecule has 0 saturated heterocycles. The smallest absolute Gasteiger partial charge is 0.149 e. The van der Waals surface area contributed by atoms with Crippen molar-refractivity contribution in [3.63, 3.8) is 0 Å². The average molecular weight is 209 g/mol. The van der Waals surface area contributed by atoms with Crippen molar-refractivity contribution in [1.82, 2.24) is 0 Å². The Morgan fingerprint density at radius 1 is 1.40 bits per heavy atom. The quantitative estimate of drug-likeness (QED) is 0.806. The lowest BCUT2D eigenvalue weighted by Crippen LogP contribution is -2.29. The van der Waals surface area contributed by atoms with Crippen molar-refractivity contribution in [2.75, 3.05) is 0 Å². The molecule has 0 aliphatic rings. The van der Waals surface area contributed by atoms with Gasteiger partial charge in [0.2, 0.25) is 0 Å². The first-order valence-electron chi connectivity index (χ1n) is 5.16. The summed E-state index contributed by atoms with van der Waals surface area (Å²) in [5.74, 6) is -0.183. The zero-order valence-corrected chi connectivity index (χ0v) is 8.87.